The zero-order chi connectivity index (χ0) is 22.2. The predicted molar refractivity (Wildman–Crippen MR) is 106 cm³/mol. The predicted octanol–water partition coefficient (Wildman–Crippen LogP) is 3.41. The first-order chi connectivity index (χ1) is 14.0. The Morgan fingerprint density at radius 1 is 1.23 bits per heavy atom. The summed E-state index contributed by atoms with van der Waals surface area (Å²) in [6.45, 7) is 6.73. The molecule has 0 aliphatic heterocycles. The van der Waals surface area contributed by atoms with Gasteiger partial charge in [0.15, 0.2) is 23.0 Å². The fourth-order valence-electron chi connectivity index (χ4n) is 2.98. The summed E-state index contributed by atoms with van der Waals surface area (Å²) in [5, 5.41) is 2.77. The first-order valence-electron chi connectivity index (χ1n) is 9.29. The van der Waals surface area contributed by atoms with E-state index in [0.29, 0.717) is 23.1 Å². The summed E-state index contributed by atoms with van der Waals surface area (Å²) in [7, 11) is 0. The Hall–Kier alpha value is -3.07. The van der Waals surface area contributed by atoms with Crippen LogP contribution in [0.5, 0.6) is 5.75 Å². The van der Waals surface area contributed by atoms with E-state index in [1.165, 1.54) is 0 Å². The molecule has 30 heavy (non-hydrogen) atoms. The van der Waals surface area contributed by atoms with E-state index in [4.69, 9.17) is 10.5 Å². The summed E-state index contributed by atoms with van der Waals surface area (Å²) >= 11 is 0. The first-order valence-corrected chi connectivity index (χ1v) is 9.29. The smallest absolute Gasteiger partial charge is 0.270 e. The molecule has 0 saturated heterocycles. The van der Waals surface area contributed by atoms with Gasteiger partial charge in [-0.05, 0) is 51.5 Å². The zero-order valence-corrected chi connectivity index (χ0v) is 17.1. The van der Waals surface area contributed by atoms with Gasteiger partial charge in [-0.25, -0.2) is 18.2 Å². The van der Waals surface area contributed by atoms with Crippen LogP contribution in [0.25, 0.3) is 5.65 Å². The van der Waals surface area contributed by atoms with Crippen LogP contribution in [0.4, 0.5) is 13.2 Å². The second kappa shape index (κ2) is 7.98. The number of carbonyl (C=O) groups excluding carboxylic acids is 1. The van der Waals surface area contributed by atoms with E-state index in [-0.39, 0.29) is 18.2 Å². The summed E-state index contributed by atoms with van der Waals surface area (Å²) in [4.78, 5) is 17.1. The van der Waals surface area contributed by atoms with Crippen molar-refractivity contribution in [1.29, 1.82) is 0 Å². The largest absolute Gasteiger partial charge is 0.485 e. The number of benzene rings is 1. The van der Waals surface area contributed by atoms with E-state index >= 15 is 0 Å². The van der Waals surface area contributed by atoms with E-state index in [9.17, 15) is 18.0 Å². The number of hydrogen-bond donors (Lipinski definition) is 2. The van der Waals surface area contributed by atoms with Gasteiger partial charge >= 0.3 is 0 Å². The topological polar surface area (TPSA) is 81.6 Å². The Bertz CT molecular complexity index is 1120. The number of nitrogens with zero attached hydrogens (tertiary/aromatic N) is 2. The number of amides is 1. The lowest BCUT2D eigenvalue weighted by atomic mass is 10.1. The molecule has 9 heteroatoms. The number of imidazole rings is 1. The molecule has 3 N–H and O–H groups in total. The van der Waals surface area contributed by atoms with Crippen molar-refractivity contribution in [1.82, 2.24) is 14.7 Å². The van der Waals surface area contributed by atoms with Crippen molar-refractivity contribution < 1.29 is 22.7 Å². The number of pyridine rings is 1. The molecule has 1 aromatic carbocycles. The Balaban J connectivity index is 1.96. The van der Waals surface area contributed by atoms with Gasteiger partial charge in [-0.1, -0.05) is 0 Å². The molecule has 0 saturated carbocycles. The van der Waals surface area contributed by atoms with Crippen molar-refractivity contribution in [2.75, 3.05) is 6.54 Å². The molecular weight excluding hydrogens is 397 g/mol. The van der Waals surface area contributed by atoms with E-state index in [2.05, 4.69) is 10.3 Å². The highest BCUT2D eigenvalue weighted by atomic mass is 19.2. The molecule has 6 nitrogen and oxygen atoms in total. The molecule has 2 aromatic heterocycles. The number of ether oxygens (including phenoxy) is 1. The Labute approximate surface area is 171 Å². The standard InChI is InChI=1S/C21H23F3N4O2/c1-11-7-16(30-9-13-14(22)5-6-15(23)17(13)24)19-27-12(2)18(28(19)8-11)20(29)26-10-21(3,4)25/h5-8H,9-10,25H2,1-4H3,(H,26,29). The maximum absolute atomic E-state index is 13.9. The lowest BCUT2D eigenvalue weighted by Gasteiger charge is -2.19. The van der Waals surface area contributed by atoms with Crippen LogP contribution in [0.3, 0.4) is 0 Å². The molecule has 0 fully saturated rings. The third-order valence-electron chi connectivity index (χ3n) is 4.43. The summed E-state index contributed by atoms with van der Waals surface area (Å²) < 4.78 is 48.4. The minimum Gasteiger partial charge on any atom is -0.485 e. The van der Waals surface area contributed by atoms with Crippen LogP contribution in [-0.4, -0.2) is 27.4 Å². The fourth-order valence-corrected chi connectivity index (χ4v) is 2.98. The molecule has 0 atom stereocenters. The highest BCUT2D eigenvalue weighted by Gasteiger charge is 2.22. The van der Waals surface area contributed by atoms with Gasteiger partial charge in [-0.3, -0.25) is 9.20 Å². The number of aromatic nitrogens is 2. The summed E-state index contributed by atoms with van der Waals surface area (Å²) in [5.74, 6) is -3.54. The Morgan fingerprint density at radius 2 is 1.90 bits per heavy atom. The second-order valence-corrected chi connectivity index (χ2v) is 7.90. The van der Waals surface area contributed by atoms with E-state index in [0.717, 1.165) is 11.6 Å². The summed E-state index contributed by atoms with van der Waals surface area (Å²) in [6.07, 6.45) is 1.70. The molecular formula is C21H23F3N4O2. The van der Waals surface area contributed by atoms with Gasteiger partial charge in [-0.2, -0.15) is 0 Å². The Morgan fingerprint density at radius 3 is 2.57 bits per heavy atom. The van der Waals surface area contributed by atoms with Crippen molar-refractivity contribution in [3.05, 3.63) is 64.4 Å². The van der Waals surface area contributed by atoms with Crippen LogP contribution in [0.15, 0.2) is 24.4 Å². The van der Waals surface area contributed by atoms with Crippen LogP contribution in [0.1, 0.15) is 41.2 Å². The number of nitrogens with two attached hydrogens (primary N) is 1. The molecule has 1 amide bonds. The van der Waals surface area contributed by atoms with Crippen LogP contribution in [0, 0.1) is 31.3 Å². The number of halogens is 3. The molecule has 3 aromatic rings. The first kappa shape index (κ1) is 21.6. The molecule has 2 heterocycles. The van der Waals surface area contributed by atoms with Crippen molar-refractivity contribution in [2.24, 2.45) is 5.73 Å². The number of hydrogen-bond acceptors (Lipinski definition) is 4. The molecule has 0 aliphatic rings. The SMILES string of the molecule is Cc1cc(OCc2c(F)ccc(F)c2F)c2nc(C)c(C(=O)NCC(C)(C)N)n2c1. The van der Waals surface area contributed by atoms with Crippen LogP contribution in [0.2, 0.25) is 0 Å². The minimum absolute atomic E-state index is 0.208. The maximum atomic E-state index is 13.9. The fraction of sp³-hybridized carbons (Fsp3) is 0.333. The normalized spacial score (nSPS) is 11.7. The van der Waals surface area contributed by atoms with Crippen molar-refractivity contribution in [3.8, 4) is 5.75 Å². The van der Waals surface area contributed by atoms with Gasteiger partial charge < -0.3 is 15.8 Å². The molecule has 160 valence electrons. The van der Waals surface area contributed by atoms with Gasteiger partial charge in [-0.15, -0.1) is 0 Å². The number of aryl methyl sites for hydroxylation is 2. The molecule has 0 bridgehead atoms. The molecule has 0 unspecified atom stereocenters. The van der Waals surface area contributed by atoms with Crippen molar-refractivity contribution in [3.63, 3.8) is 0 Å². The lowest BCUT2D eigenvalue weighted by molar-refractivity contribution is 0.0939. The highest BCUT2D eigenvalue weighted by Crippen LogP contribution is 2.26. The lowest BCUT2D eigenvalue weighted by Crippen LogP contribution is -2.45. The van der Waals surface area contributed by atoms with Crippen LogP contribution in [-0.2, 0) is 6.61 Å². The maximum Gasteiger partial charge on any atom is 0.270 e. The van der Waals surface area contributed by atoms with E-state index in [1.807, 2.05) is 0 Å². The highest BCUT2D eigenvalue weighted by molar-refractivity contribution is 5.95. The average molecular weight is 420 g/mol. The van der Waals surface area contributed by atoms with Crippen molar-refractivity contribution >= 4 is 11.6 Å². The second-order valence-electron chi connectivity index (χ2n) is 7.90. The van der Waals surface area contributed by atoms with Gasteiger partial charge in [0, 0.05) is 18.3 Å². The molecule has 0 radical (unpaired) electrons. The van der Waals surface area contributed by atoms with E-state index in [1.54, 1.807) is 44.4 Å². The number of nitrogens with one attached hydrogen (secondary N) is 1. The van der Waals surface area contributed by atoms with Crippen molar-refractivity contribution in [2.45, 2.75) is 39.8 Å². The third-order valence-corrected chi connectivity index (χ3v) is 4.43. The van der Waals surface area contributed by atoms with Gasteiger partial charge in [0.05, 0.1) is 11.3 Å². The molecule has 3 rings (SSSR count). The average Bonchev–Trinajstić information content (AvgIpc) is 2.98. The molecule has 0 spiro atoms. The van der Waals surface area contributed by atoms with Gasteiger partial charge in [0.2, 0.25) is 0 Å². The van der Waals surface area contributed by atoms with Crippen LogP contribution < -0.4 is 15.8 Å². The number of carbonyl (C=O) groups is 1. The Kier molecular flexibility index (Phi) is 5.76. The quantitative estimate of drug-likeness (QED) is 0.599. The third kappa shape index (κ3) is 4.40. The van der Waals surface area contributed by atoms with Gasteiger partial charge in [0.1, 0.15) is 18.1 Å². The van der Waals surface area contributed by atoms with Gasteiger partial charge in [0.25, 0.3) is 5.91 Å². The molecule has 0 aliphatic carbocycles. The summed E-state index contributed by atoms with van der Waals surface area (Å²) in [5.41, 5.74) is 6.57. The minimum atomic E-state index is -1.30. The van der Waals surface area contributed by atoms with E-state index < -0.39 is 35.2 Å². The van der Waals surface area contributed by atoms with Crippen LogP contribution >= 0.6 is 0 Å². The zero-order valence-electron chi connectivity index (χ0n) is 17.1. The monoisotopic (exact) mass is 420 g/mol. The number of fused-ring (bicyclic) bond motifs is 1. The summed E-state index contributed by atoms with van der Waals surface area (Å²) in [6, 6.07) is 3.18. The number of rotatable bonds is 6.